The summed E-state index contributed by atoms with van der Waals surface area (Å²) in [6.45, 7) is -1.17. The van der Waals surface area contributed by atoms with Crippen molar-refractivity contribution in [1.82, 2.24) is 9.78 Å². The molecule has 0 atom stereocenters. The van der Waals surface area contributed by atoms with Crippen molar-refractivity contribution in [1.29, 1.82) is 0 Å². The molecule has 0 saturated carbocycles. The highest BCUT2D eigenvalue weighted by Crippen LogP contribution is 2.13. The van der Waals surface area contributed by atoms with Crippen LogP contribution in [0.5, 0.6) is 0 Å². The lowest BCUT2D eigenvalue weighted by Gasteiger charge is -2.05. The summed E-state index contributed by atoms with van der Waals surface area (Å²) in [5, 5.41) is 14.6. The fourth-order valence-corrected chi connectivity index (χ4v) is 1.20. The lowest BCUT2D eigenvalue weighted by molar-refractivity contribution is -0.134. The highest BCUT2D eigenvalue weighted by atomic mass is 19.1. The molecule has 16 heavy (non-hydrogen) atoms. The van der Waals surface area contributed by atoms with E-state index in [9.17, 15) is 14.0 Å². The Morgan fingerprint density at radius 3 is 2.81 bits per heavy atom. The molecule has 0 spiro atoms. The maximum Gasteiger partial charge on any atom is 0.322 e. The minimum absolute atomic E-state index is 0.0288. The summed E-state index contributed by atoms with van der Waals surface area (Å²) in [4.78, 5) is 21.4. The molecule has 0 aliphatic heterocycles. The van der Waals surface area contributed by atoms with E-state index in [1.807, 2.05) is 0 Å². The van der Waals surface area contributed by atoms with Crippen molar-refractivity contribution in [2.75, 3.05) is 18.5 Å². The first-order valence-electron chi connectivity index (χ1n) is 4.43. The number of aromatic nitrogens is 2. The molecule has 4 N–H and O–H groups in total. The van der Waals surface area contributed by atoms with Gasteiger partial charge in [0.05, 0.1) is 18.4 Å². The van der Waals surface area contributed by atoms with Gasteiger partial charge in [-0.2, -0.15) is 5.10 Å². The molecule has 0 fully saturated rings. The van der Waals surface area contributed by atoms with Gasteiger partial charge in [-0.15, -0.1) is 0 Å². The van der Waals surface area contributed by atoms with Gasteiger partial charge in [-0.1, -0.05) is 0 Å². The van der Waals surface area contributed by atoms with Gasteiger partial charge in [0.15, 0.2) is 0 Å². The lowest BCUT2D eigenvalue weighted by atomic mass is 10.3. The van der Waals surface area contributed by atoms with Gasteiger partial charge in [0, 0.05) is 0 Å². The van der Waals surface area contributed by atoms with Crippen LogP contribution in [0.3, 0.4) is 0 Å². The number of alkyl halides is 1. The Balaban J connectivity index is 2.91. The van der Waals surface area contributed by atoms with E-state index in [0.29, 0.717) is 0 Å². The number of carboxylic acids is 1. The van der Waals surface area contributed by atoms with Crippen LogP contribution in [0.15, 0.2) is 6.20 Å². The van der Waals surface area contributed by atoms with Gasteiger partial charge in [-0.25, -0.2) is 4.39 Å². The molecule has 1 aromatic heterocycles. The van der Waals surface area contributed by atoms with Crippen LogP contribution in [0.4, 0.5) is 10.1 Å². The van der Waals surface area contributed by atoms with E-state index in [1.165, 1.54) is 6.20 Å². The number of carboxylic acid groups (broad SMARTS) is 1. The zero-order valence-corrected chi connectivity index (χ0v) is 8.31. The smallest absolute Gasteiger partial charge is 0.322 e. The summed E-state index contributed by atoms with van der Waals surface area (Å²) in [6.07, 6.45) is 1.23. The SMILES string of the molecule is NC(=O)c1c(NCC(=O)O)cnn1CCF. The number of primary amides is 1. The van der Waals surface area contributed by atoms with Crippen LogP contribution in [0.1, 0.15) is 10.5 Å². The largest absolute Gasteiger partial charge is 0.480 e. The third-order valence-electron chi connectivity index (χ3n) is 1.80. The van der Waals surface area contributed by atoms with E-state index >= 15 is 0 Å². The molecular formula is C8H11FN4O3. The molecular weight excluding hydrogens is 219 g/mol. The molecule has 0 saturated heterocycles. The summed E-state index contributed by atoms with van der Waals surface area (Å²) >= 11 is 0. The van der Waals surface area contributed by atoms with Crippen LogP contribution in [-0.2, 0) is 11.3 Å². The van der Waals surface area contributed by atoms with Crippen molar-refractivity contribution in [3.8, 4) is 0 Å². The second-order valence-corrected chi connectivity index (χ2v) is 2.93. The molecule has 1 rings (SSSR count). The van der Waals surface area contributed by atoms with Crippen molar-refractivity contribution >= 4 is 17.6 Å². The van der Waals surface area contributed by atoms with Gasteiger partial charge >= 0.3 is 5.97 Å². The second-order valence-electron chi connectivity index (χ2n) is 2.93. The first kappa shape index (κ1) is 12.0. The molecule has 0 radical (unpaired) electrons. The molecule has 1 heterocycles. The van der Waals surface area contributed by atoms with Gasteiger partial charge < -0.3 is 16.2 Å². The summed E-state index contributed by atoms with van der Waals surface area (Å²) in [6, 6.07) is 0. The molecule has 1 aromatic rings. The van der Waals surface area contributed by atoms with E-state index in [2.05, 4.69) is 10.4 Å². The molecule has 0 aliphatic rings. The average Bonchev–Trinajstić information content (AvgIpc) is 2.58. The summed E-state index contributed by atoms with van der Waals surface area (Å²) in [5.41, 5.74) is 5.24. The number of aliphatic carboxylic acids is 1. The molecule has 0 aliphatic carbocycles. The van der Waals surface area contributed by atoms with Gasteiger partial charge in [-0.3, -0.25) is 14.3 Å². The minimum atomic E-state index is -1.09. The summed E-state index contributed by atoms with van der Waals surface area (Å²) in [5.74, 6) is -1.88. The zero-order valence-electron chi connectivity index (χ0n) is 8.31. The third kappa shape index (κ3) is 2.69. The van der Waals surface area contributed by atoms with E-state index in [4.69, 9.17) is 10.8 Å². The maximum absolute atomic E-state index is 12.1. The Hall–Kier alpha value is -2.12. The molecule has 88 valence electrons. The first-order chi connectivity index (χ1) is 7.56. The molecule has 0 bridgehead atoms. The average molecular weight is 230 g/mol. The third-order valence-corrected chi connectivity index (χ3v) is 1.80. The van der Waals surface area contributed by atoms with Crippen molar-refractivity contribution in [2.24, 2.45) is 5.73 Å². The lowest BCUT2D eigenvalue weighted by Crippen LogP contribution is -2.21. The maximum atomic E-state index is 12.1. The van der Waals surface area contributed by atoms with Crippen LogP contribution in [0.2, 0.25) is 0 Å². The predicted molar refractivity (Wildman–Crippen MR) is 52.8 cm³/mol. The van der Waals surface area contributed by atoms with Crippen molar-refractivity contribution in [3.63, 3.8) is 0 Å². The Morgan fingerprint density at radius 2 is 2.31 bits per heavy atom. The molecule has 8 heteroatoms. The number of carbonyl (C=O) groups excluding carboxylic acids is 1. The number of nitrogens with zero attached hydrogens (tertiary/aromatic N) is 2. The Bertz CT molecular complexity index is 404. The fraction of sp³-hybridized carbons (Fsp3) is 0.375. The summed E-state index contributed by atoms with van der Waals surface area (Å²) in [7, 11) is 0. The highest BCUT2D eigenvalue weighted by molar-refractivity contribution is 5.97. The number of halogens is 1. The van der Waals surface area contributed by atoms with Gasteiger partial charge in [0.25, 0.3) is 5.91 Å². The Labute approximate surface area is 90.0 Å². The van der Waals surface area contributed by atoms with Crippen LogP contribution in [0.25, 0.3) is 0 Å². The van der Waals surface area contributed by atoms with Crippen LogP contribution < -0.4 is 11.1 Å². The van der Waals surface area contributed by atoms with Crippen LogP contribution in [-0.4, -0.2) is 40.0 Å². The molecule has 1 amide bonds. The summed E-state index contributed by atoms with van der Waals surface area (Å²) < 4.78 is 13.2. The second kappa shape index (κ2) is 5.10. The number of carbonyl (C=O) groups is 2. The minimum Gasteiger partial charge on any atom is -0.480 e. The highest BCUT2D eigenvalue weighted by Gasteiger charge is 2.16. The fourth-order valence-electron chi connectivity index (χ4n) is 1.20. The Kier molecular flexibility index (Phi) is 3.81. The first-order valence-corrected chi connectivity index (χ1v) is 4.43. The van der Waals surface area contributed by atoms with Crippen LogP contribution in [0, 0.1) is 0 Å². The quantitative estimate of drug-likeness (QED) is 0.607. The van der Waals surface area contributed by atoms with Gasteiger partial charge in [0.2, 0.25) is 0 Å². The predicted octanol–water partition coefficient (Wildman–Crippen LogP) is -0.552. The van der Waals surface area contributed by atoms with Crippen molar-refractivity contribution < 1.29 is 19.1 Å². The van der Waals surface area contributed by atoms with E-state index in [0.717, 1.165) is 4.68 Å². The number of amides is 1. The van der Waals surface area contributed by atoms with E-state index in [1.54, 1.807) is 0 Å². The normalized spacial score (nSPS) is 10.1. The van der Waals surface area contributed by atoms with E-state index < -0.39 is 18.6 Å². The standard InChI is InChI=1S/C8H11FN4O3/c9-1-2-13-7(8(10)16)5(3-12-13)11-4-6(14)15/h3,11H,1-2,4H2,(H2,10,16)(H,14,15). The molecule has 0 unspecified atom stereocenters. The number of hydrogen-bond donors (Lipinski definition) is 3. The Morgan fingerprint density at radius 1 is 1.62 bits per heavy atom. The zero-order chi connectivity index (χ0) is 12.1. The van der Waals surface area contributed by atoms with Gasteiger partial charge in [-0.05, 0) is 0 Å². The van der Waals surface area contributed by atoms with Crippen molar-refractivity contribution in [2.45, 2.75) is 6.54 Å². The number of rotatable bonds is 6. The number of nitrogens with one attached hydrogen (secondary N) is 1. The number of aryl methyl sites for hydroxylation is 1. The van der Waals surface area contributed by atoms with E-state index in [-0.39, 0.29) is 24.5 Å². The molecule has 0 aromatic carbocycles. The topological polar surface area (TPSA) is 110 Å². The number of hydrogen-bond acceptors (Lipinski definition) is 4. The number of anilines is 1. The monoisotopic (exact) mass is 230 g/mol. The van der Waals surface area contributed by atoms with Crippen molar-refractivity contribution in [3.05, 3.63) is 11.9 Å². The number of nitrogens with two attached hydrogens (primary N) is 1. The van der Waals surface area contributed by atoms with Crippen LogP contribution >= 0.6 is 0 Å². The molecule has 7 nitrogen and oxygen atoms in total. The van der Waals surface area contributed by atoms with Gasteiger partial charge in [0.1, 0.15) is 18.9 Å².